The van der Waals surface area contributed by atoms with Crippen LogP contribution in [0.1, 0.15) is 0 Å². The second-order valence-corrected chi connectivity index (χ2v) is 2.48. The highest BCUT2D eigenvalue weighted by molar-refractivity contribution is 5.81. The molecule has 1 nitrogen and oxygen atoms in total. The minimum Gasteiger partial charge on any atom is -0.264 e. The fraction of sp³-hybridized carbons (Fsp3) is 0. The molecule has 0 amide bonds. The molecule has 1 aromatic carbocycles. The molecule has 0 atom stereocenters. The molecule has 2 aromatic rings. The molecule has 2 rings (SSSR count). The summed E-state index contributed by atoms with van der Waals surface area (Å²) in [5, 5.41) is 0.876. The summed E-state index contributed by atoms with van der Waals surface area (Å²) >= 11 is 0. The van der Waals surface area contributed by atoms with Gasteiger partial charge in [0, 0.05) is 29.2 Å². The molecule has 0 radical (unpaired) electrons. The Morgan fingerprint density at radius 1 is 1.17 bits per heavy atom. The number of hydrogen-bond donors (Lipinski definition) is 0. The van der Waals surface area contributed by atoms with Crippen LogP contribution >= 0.6 is 0 Å². The Hall–Kier alpha value is -1.51. The van der Waals surface area contributed by atoms with Crippen LogP contribution in [0.5, 0.6) is 0 Å². The van der Waals surface area contributed by atoms with Gasteiger partial charge in [0.05, 0.1) is 0 Å². The molecular weight excluding hydrogens is 160 g/mol. The Bertz CT molecular complexity index is 426. The van der Waals surface area contributed by atoms with E-state index in [1.165, 1.54) is 24.5 Å². The zero-order chi connectivity index (χ0) is 8.55. The first-order chi connectivity index (χ1) is 5.77. The Balaban J connectivity index is 2.89. The highest BCUT2D eigenvalue weighted by Crippen LogP contribution is 2.17. The smallest absolute Gasteiger partial charge is 0.134 e. The summed E-state index contributed by atoms with van der Waals surface area (Å²) in [5.74, 6) is -1.12. The standard InChI is InChI=1S/C9H5F2N/c10-7-3-6-5-12-2-1-8(6)9(11)4-7/h1-5H. The number of hydrogen-bond acceptors (Lipinski definition) is 1. The Morgan fingerprint density at radius 2 is 2.00 bits per heavy atom. The first-order valence-corrected chi connectivity index (χ1v) is 3.46. The SMILES string of the molecule is Fc1cc(F)c2ccncc2c1. The van der Waals surface area contributed by atoms with Crippen LogP contribution in [-0.4, -0.2) is 4.98 Å². The number of fused-ring (bicyclic) bond motifs is 1. The lowest BCUT2D eigenvalue weighted by atomic mass is 10.2. The Kier molecular flexibility index (Phi) is 1.50. The van der Waals surface area contributed by atoms with Crippen molar-refractivity contribution in [2.24, 2.45) is 0 Å². The van der Waals surface area contributed by atoms with E-state index in [0.29, 0.717) is 10.8 Å². The van der Waals surface area contributed by atoms with Crippen molar-refractivity contribution in [2.45, 2.75) is 0 Å². The highest BCUT2D eigenvalue weighted by Gasteiger charge is 2.01. The van der Waals surface area contributed by atoms with Crippen LogP contribution in [0.25, 0.3) is 10.8 Å². The molecule has 0 saturated heterocycles. The van der Waals surface area contributed by atoms with Crippen molar-refractivity contribution in [3.05, 3.63) is 42.2 Å². The quantitative estimate of drug-likeness (QED) is 0.584. The number of rotatable bonds is 0. The van der Waals surface area contributed by atoms with E-state index in [9.17, 15) is 8.78 Å². The van der Waals surface area contributed by atoms with Crippen LogP contribution in [0.15, 0.2) is 30.6 Å². The molecule has 60 valence electrons. The summed E-state index contributed by atoms with van der Waals surface area (Å²) in [7, 11) is 0. The van der Waals surface area contributed by atoms with Gasteiger partial charge in [-0.2, -0.15) is 0 Å². The van der Waals surface area contributed by atoms with E-state index in [2.05, 4.69) is 4.98 Å². The van der Waals surface area contributed by atoms with Gasteiger partial charge >= 0.3 is 0 Å². The van der Waals surface area contributed by atoms with Gasteiger partial charge < -0.3 is 0 Å². The molecule has 0 aliphatic rings. The summed E-state index contributed by atoms with van der Waals surface area (Å²) in [4.78, 5) is 3.76. The van der Waals surface area contributed by atoms with Crippen molar-refractivity contribution in [1.82, 2.24) is 4.98 Å². The third kappa shape index (κ3) is 1.03. The molecule has 0 spiro atoms. The summed E-state index contributed by atoms with van der Waals surface area (Å²) in [6.07, 6.45) is 2.91. The van der Waals surface area contributed by atoms with E-state index in [1.807, 2.05) is 0 Å². The molecule has 0 bridgehead atoms. The molecule has 1 aromatic heterocycles. The summed E-state index contributed by atoms with van der Waals surface area (Å²) < 4.78 is 25.6. The lowest BCUT2D eigenvalue weighted by Crippen LogP contribution is -1.83. The van der Waals surface area contributed by atoms with Crippen LogP contribution < -0.4 is 0 Å². The Labute approximate surface area is 67.7 Å². The van der Waals surface area contributed by atoms with Crippen molar-refractivity contribution < 1.29 is 8.78 Å². The maximum atomic E-state index is 13.0. The summed E-state index contributed by atoms with van der Waals surface area (Å²) in [6, 6.07) is 3.64. The fourth-order valence-corrected chi connectivity index (χ4v) is 1.13. The van der Waals surface area contributed by atoms with Gasteiger partial charge in [0.25, 0.3) is 0 Å². The van der Waals surface area contributed by atoms with E-state index in [1.54, 1.807) is 0 Å². The maximum absolute atomic E-state index is 13.0. The molecule has 1 heterocycles. The monoisotopic (exact) mass is 165 g/mol. The van der Waals surface area contributed by atoms with Crippen LogP contribution in [0.2, 0.25) is 0 Å². The van der Waals surface area contributed by atoms with Gasteiger partial charge in [-0.25, -0.2) is 8.78 Å². The molecule has 0 saturated carbocycles. The zero-order valence-electron chi connectivity index (χ0n) is 6.09. The van der Waals surface area contributed by atoms with Crippen molar-refractivity contribution in [2.75, 3.05) is 0 Å². The van der Waals surface area contributed by atoms with Crippen LogP contribution in [-0.2, 0) is 0 Å². The van der Waals surface area contributed by atoms with Crippen molar-refractivity contribution in [3.8, 4) is 0 Å². The predicted molar refractivity (Wildman–Crippen MR) is 41.7 cm³/mol. The topological polar surface area (TPSA) is 12.9 Å². The van der Waals surface area contributed by atoms with E-state index < -0.39 is 11.6 Å². The number of nitrogens with zero attached hydrogens (tertiary/aromatic N) is 1. The number of aromatic nitrogens is 1. The molecule has 0 unspecified atom stereocenters. The van der Waals surface area contributed by atoms with Gasteiger partial charge in [-0.1, -0.05) is 0 Å². The fourth-order valence-electron chi connectivity index (χ4n) is 1.13. The van der Waals surface area contributed by atoms with Gasteiger partial charge in [-0.3, -0.25) is 4.98 Å². The molecule has 12 heavy (non-hydrogen) atoms. The first kappa shape index (κ1) is 7.16. The van der Waals surface area contributed by atoms with Crippen molar-refractivity contribution in [1.29, 1.82) is 0 Å². The average Bonchev–Trinajstić information content (AvgIpc) is 2.04. The molecule has 3 heteroatoms. The molecule has 0 fully saturated rings. The number of halogens is 2. The second-order valence-electron chi connectivity index (χ2n) is 2.48. The van der Waals surface area contributed by atoms with Gasteiger partial charge in [-0.05, 0) is 12.1 Å². The third-order valence-corrected chi connectivity index (χ3v) is 1.67. The Morgan fingerprint density at radius 3 is 2.83 bits per heavy atom. The van der Waals surface area contributed by atoms with E-state index in [0.717, 1.165) is 6.07 Å². The van der Waals surface area contributed by atoms with Gasteiger partial charge in [0.15, 0.2) is 0 Å². The van der Waals surface area contributed by atoms with Gasteiger partial charge in [0.2, 0.25) is 0 Å². The minimum atomic E-state index is -0.576. The van der Waals surface area contributed by atoms with Gasteiger partial charge in [-0.15, -0.1) is 0 Å². The van der Waals surface area contributed by atoms with Crippen LogP contribution in [0, 0.1) is 11.6 Å². The van der Waals surface area contributed by atoms with Gasteiger partial charge in [0.1, 0.15) is 11.6 Å². The summed E-state index contributed by atoms with van der Waals surface area (Å²) in [6.45, 7) is 0. The molecule has 0 aliphatic carbocycles. The minimum absolute atomic E-state index is 0.395. The second kappa shape index (κ2) is 2.52. The highest BCUT2D eigenvalue weighted by atomic mass is 19.1. The zero-order valence-corrected chi connectivity index (χ0v) is 6.09. The first-order valence-electron chi connectivity index (χ1n) is 3.46. The lowest BCUT2D eigenvalue weighted by molar-refractivity contribution is 0.592. The average molecular weight is 165 g/mol. The van der Waals surface area contributed by atoms with E-state index in [-0.39, 0.29) is 0 Å². The lowest BCUT2D eigenvalue weighted by Gasteiger charge is -1.97. The van der Waals surface area contributed by atoms with E-state index in [4.69, 9.17) is 0 Å². The van der Waals surface area contributed by atoms with E-state index >= 15 is 0 Å². The third-order valence-electron chi connectivity index (χ3n) is 1.67. The normalized spacial score (nSPS) is 10.5. The number of benzene rings is 1. The summed E-state index contributed by atoms with van der Waals surface area (Å²) in [5.41, 5.74) is 0. The molecular formula is C9H5F2N. The molecule has 0 N–H and O–H groups in total. The predicted octanol–water partition coefficient (Wildman–Crippen LogP) is 2.51. The van der Waals surface area contributed by atoms with Crippen molar-refractivity contribution >= 4 is 10.8 Å². The maximum Gasteiger partial charge on any atom is 0.134 e. The van der Waals surface area contributed by atoms with Crippen LogP contribution in [0.3, 0.4) is 0 Å². The molecule has 0 aliphatic heterocycles. The van der Waals surface area contributed by atoms with Crippen molar-refractivity contribution in [3.63, 3.8) is 0 Å². The number of pyridine rings is 1. The largest absolute Gasteiger partial charge is 0.264 e. The van der Waals surface area contributed by atoms with Crippen LogP contribution in [0.4, 0.5) is 8.78 Å².